The first kappa shape index (κ1) is 14.6. The number of nitrogens with two attached hydrogens (primary N) is 1. The molecular formula is C13H21FN2O2. The number of hydrogen-bond acceptors (Lipinski definition) is 4. The second-order valence-electron chi connectivity index (χ2n) is 4.74. The van der Waals surface area contributed by atoms with Crippen LogP contribution in [0.4, 0.5) is 15.8 Å². The largest absolute Gasteiger partial charge is 0.495 e. The van der Waals surface area contributed by atoms with Gasteiger partial charge in [0.15, 0.2) is 0 Å². The molecule has 0 aliphatic heterocycles. The third-order valence-corrected chi connectivity index (χ3v) is 2.59. The summed E-state index contributed by atoms with van der Waals surface area (Å²) >= 11 is 0. The van der Waals surface area contributed by atoms with Crippen molar-refractivity contribution in [3.8, 4) is 5.75 Å². The first-order valence-electron chi connectivity index (χ1n) is 5.99. The molecule has 0 aliphatic rings. The van der Waals surface area contributed by atoms with Gasteiger partial charge in [-0.25, -0.2) is 4.39 Å². The van der Waals surface area contributed by atoms with Crippen molar-refractivity contribution in [2.75, 3.05) is 24.7 Å². The van der Waals surface area contributed by atoms with E-state index in [0.717, 1.165) is 0 Å². The third-order valence-electron chi connectivity index (χ3n) is 2.59. The molecule has 5 heteroatoms. The molecule has 1 unspecified atom stereocenters. The predicted octanol–water partition coefficient (Wildman–Crippen LogP) is 2.24. The molecule has 0 aromatic heterocycles. The Bertz CT molecular complexity index is 397. The van der Waals surface area contributed by atoms with Crippen molar-refractivity contribution in [2.45, 2.75) is 26.4 Å². The Kier molecular flexibility index (Phi) is 5.22. The number of benzene rings is 1. The molecule has 0 aliphatic carbocycles. The monoisotopic (exact) mass is 256 g/mol. The highest BCUT2D eigenvalue weighted by Gasteiger charge is 2.11. The van der Waals surface area contributed by atoms with Crippen LogP contribution >= 0.6 is 0 Å². The van der Waals surface area contributed by atoms with E-state index in [-0.39, 0.29) is 11.4 Å². The molecule has 0 fully saturated rings. The van der Waals surface area contributed by atoms with Crippen molar-refractivity contribution in [3.05, 3.63) is 17.9 Å². The Morgan fingerprint density at radius 3 is 2.67 bits per heavy atom. The summed E-state index contributed by atoms with van der Waals surface area (Å²) < 4.78 is 18.6. The molecular weight excluding hydrogens is 235 g/mol. The van der Waals surface area contributed by atoms with Gasteiger partial charge in [-0.15, -0.1) is 0 Å². The van der Waals surface area contributed by atoms with Crippen molar-refractivity contribution in [3.63, 3.8) is 0 Å². The van der Waals surface area contributed by atoms with Crippen LogP contribution in [-0.2, 0) is 0 Å². The Morgan fingerprint density at radius 1 is 1.44 bits per heavy atom. The third kappa shape index (κ3) is 4.07. The van der Waals surface area contributed by atoms with Crippen molar-refractivity contribution in [2.24, 2.45) is 5.92 Å². The minimum atomic E-state index is -0.507. The van der Waals surface area contributed by atoms with Crippen LogP contribution in [0.3, 0.4) is 0 Å². The lowest BCUT2D eigenvalue weighted by Crippen LogP contribution is -2.21. The number of ether oxygens (including phenoxy) is 1. The molecule has 0 radical (unpaired) electrons. The van der Waals surface area contributed by atoms with Crippen LogP contribution in [0.1, 0.15) is 20.3 Å². The van der Waals surface area contributed by atoms with Crippen molar-refractivity contribution < 1.29 is 14.2 Å². The molecule has 0 heterocycles. The summed E-state index contributed by atoms with van der Waals surface area (Å²) in [6.45, 7) is 4.34. The minimum absolute atomic E-state index is 0.253. The van der Waals surface area contributed by atoms with Crippen molar-refractivity contribution >= 4 is 11.4 Å². The zero-order chi connectivity index (χ0) is 13.7. The van der Waals surface area contributed by atoms with Gasteiger partial charge >= 0.3 is 0 Å². The highest BCUT2D eigenvalue weighted by Crippen LogP contribution is 2.28. The molecule has 18 heavy (non-hydrogen) atoms. The van der Waals surface area contributed by atoms with Crippen LogP contribution in [0.2, 0.25) is 0 Å². The molecule has 4 N–H and O–H groups in total. The summed E-state index contributed by atoms with van der Waals surface area (Å²) in [6.07, 6.45) is 0.161. The number of nitrogens with one attached hydrogen (secondary N) is 1. The summed E-state index contributed by atoms with van der Waals surface area (Å²) in [7, 11) is 1.47. The number of halogens is 1. The highest BCUT2D eigenvalue weighted by atomic mass is 19.1. The molecule has 0 amide bonds. The van der Waals surface area contributed by atoms with Crippen molar-refractivity contribution in [1.29, 1.82) is 0 Å². The zero-order valence-electron chi connectivity index (χ0n) is 11.0. The molecule has 102 valence electrons. The van der Waals surface area contributed by atoms with Gasteiger partial charge in [0, 0.05) is 18.7 Å². The molecule has 1 aromatic rings. The van der Waals surface area contributed by atoms with E-state index in [1.165, 1.54) is 19.2 Å². The van der Waals surface area contributed by atoms with E-state index < -0.39 is 11.9 Å². The molecule has 4 nitrogen and oxygen atoms in total. The zero-order valence-corrected chi connectivity index (χ0v) is 11.0. The highest BCUT2D eigenvalue weighted by molar-refractivity contribution is 5.62. The van der Waals surface area contributed by atoms with Gasteiger partial charge in [0.25, 0.3) is 0 Å². The summed E-state index contributed by atoms with van der Waals surface area (Å²) in [5, 5.41) is 12.6. The fraction of sp³-hybridized carbons (Fsp3) is 0.538. The topological polar surface area (TPSA) is 67.5 Å². The molecule has 0 saturated carbocycles. The quantitative estimate of drug-likeness (QED) is 0.683. The second kappa shape index (κ2) is 6.44. The van der Waals surface area contributed by atoms with Gasteiger partial charge in [-0.1, -0.05) is 13.8 Å². The van der Waals surface area contributed by atoms with Crippen LogP contribution < -0.4 is 15.8 Å². The Labute approximate surface area is 107 Å². The lowest BCUT2D eigenvalue weighted by atomic mass is 10.1. The van der Waals surface area contributed by atoms with Gasteiger partial charge in [-0.05, 0) is 12.3 Å². The standard InChI is InChI=1S/C13H21FN2O2/c1-8(2)4-9(17)7-16-12-6-13(18-3)11(15)5-10(12)14/h5-6,8-9,16-17H,4,7,15H2,1-3H3. The number of methoxy groups -OCH3 is 1. The number of hydrogen-bond donors (Lipinski definition) is 3. The summed E-state index contributed by atoms with van der Waals surface area (Å²) in [4.78, 5) is 0. The second-order valence-corrected chi connectivity index (χ2v) is 4.74. The van der Waals surface area contributed by atoms with Crippen LogP contribution in [0, 0.1) is 11.7 Å². The van der Waals surface area contributed by atoms with Crippen molar-refractivity contribution in [1.82, 2.24) is 0 Å². The summed E-state index contributed by atoms with van der Waals surface area (Å²) in [5.74, 6) is 0.356. The maximum absolute atomic E-state index is 13.6. The van der Waals surface area contributed by atoms with Crippen LogP contribution in [-0.4, -0.2) is 24.9 Å². The lowest BCUT2D eigenvalue weighted by molar-refractivity contribution is 0.161. The molecule has 0 saturated heterocycles. The first-order valence-corrected chi connectivity index (χ1v) is 5.99. The predicted molar refractivity (Wildman–Crippen MR) is 71.3 cm³/mol. The van der Waals surface area contributed by atoms with E-state index in [9.17, 15) is 9.50 Å². The average Bonchev–Trinajstić information content (AvgIpc) is 2.27. The van der Waals surface area contributed by atoms with E-state index in [4.69, 9.17) is 10.5 Å². The molecule has 1 rings (SSSR count). The number of nitrogen functional groups attached to an aromatic ring is 1. The van der Waals surface area contributed by atoms with Gasteiger partial charge in [0.2, 0.25) is 0 Å². The molecule has 0 bridgehead atoms. The molecule has 1 aromatic carbocycles. The molecule has 0 spiro atoms. The van der Waals surface area contributed by atoms with Gasteiger partial charge in [0.05, 0.1) is 24.6 Å². The lowest BCUT2D eigenvalue weighted by Gasteiger charge is -2.16. The normalized spacial score (nSPS) is 12.6. The summed E-state index contributed by atoms with van der Waals surface area (Å²) in [5.41, 5.74) is 6.11. The smallest absolute Gasteiger partial charge is 0.148 e. The van der Waals surface area contributed by atoms with Gasteiger partial charge < -0.3 is 20.9 Å². The van der Waals surface area contributed by atoms with E-state index >= 15 is 0 Å². The van der Waals surface area contributed by atoms with Crippen LogP contribution in [0.5, 0.6) is 5.75 Å². The fourth-order valence-corrected chi connectivity index (χ4v) is 1.74. The van der Waals surface area contributed by atoms with Crippen LogP contribution in [0.25, 0.3) is 0 Å². The SMILES string of the molecule is COc1cc(NCC(O)CC(C)C)c(F)cc1N. The maximum Gasteiger partial charge on any atom is 0.148 e. The first-order chi connectivity index (χ1) is 8.43. The number of rotatable bonds is 6. The number of anilines is 2. The van der Waals surface area contributed by atoms with E-state index in [0.29, 0.717) is 24.6 Å². The van der Waals surface area contributed by atoms with E-state index in [2.05, 4.69) is 5.32 Å². The Hall–Kier alpha value is -1.49. The van der Waals surface area contributed by atoms with Gasteiger partial charge in [-0.3, -0.25) is 0 Å². The fourth-order valence-electron chi connectivity index (χ4n) is 1.74. The van der Waals surface area contributed by atoms with Gasteiger partial charge in [-0.2, -0.15) is 0 Å². The number of aliphatic hydroxyl groups excluding tert-OH is 1. The van der Waals surface area contributed by atoms with Gasteiger partial charge in [0.1, 0.15) is 11.6 Å². The Morgan fingerprint density at radius 2 is 2.11 bits per heavy atom. The summed E-state index contributed by atoms with van der Waals surface area (Å²) in [6, 6.07) is 2.70. The Balaban J connectivity index is 2.67. The number of aliphatic hydroxyl groups is 1. The van der Waals surface area contributed by atoms with E-state index in [1.807, 2.05) is 13.8 Å². The van der Waals surface area contributed by atoms with E-state index in [1.54, 1.807) is 0 Å². The van der Waals surface area contributed by atoms with Crippen LogP contribution in [0.15, 0.2) is 12.1 Å². The average molecular weight is 256 g/mol. The molecule has 1 atom stereocenters. The minimum Gasteiger partial charge on any atom is -0.495 e. The maximum atomic E-state index is 13.6.